The normalized spacial score (nSPS) is 19.9. The average Bonchev–Trinajstić information content (AvgIpc) is 2.89. The zero-order valence-corrected chi connectivity index (χ0v) is 13.7. The molecule has 1 N–H and O–H groups in total. The SMILES string of the molecule is OC(c1ccc(C2CCC2)cc1)c1cc2c(s1)CCSC2. The van der Waals surface area contributed by atoms with E-state index >= 15 is 0 Å². The lowest BCUT2D eigenvalue weighted by molar-refractivity contribution is 0.224. The molecule has 1 unspecified atom stereocenters. The van der Waals surface area contributed by atoms with E-state index in [4.69, 9.17) is 0 Å². The van der Waals surface area contributed by atoms with Gasteiger partial charge in [0.25, 0.3) is 0 Å². The van der Waals surface area contributed by atoms with Crippen LogP contribution in [0.15, 0.2) is 30.3 Å². The summed E-state index contributed by atoms with van der Waals surface area (Å²) in [6, 6.07) is 10.9. The number of aliphatic hydroxyl groups is 1. The highest BCUT2D eigenvalue weighted by molar-refractivity contribution is 7.98. The number of benzene rings is 1. The lowest BCUT2D eigenvalue weighted by Crippen LogP contribution is -2.08. The molecule has 2 aromatic rings. The van der Waals surface area contributed by atoms with Crippen LogP contribution in [0.5, 0.6) is 0 Å². The largest absolute Gasteiger partial charge is 0.383 e. The third kappa shape index (κ3) is 2.67. The van der Waals surface area contributed by atoms with E-state index in [1.54, 1.807) is 11.3 Å². The highest BCUT2D eigenvalue weighted by atomic mass is 32.2. The Hall–Kier alpha value is -0.770. The van der Waals surface area contributed by atoms with Crippen LogP contribution in [0.4, 0.5) is 0 Å². The number of hydrogen-bond donors (Lipinski definition) is 1. The zero-order valence-electron chi connectivity index (χ0n) is 12.0. The molecule has 4 rings (SSSR count). The molecular weight excluding hydrogens is 296 g/mol. The molecule has 0 saturated heterocycles. The van der Waals surface area contributed by atoms with Gasteiger partial charge in [-0.3, -0.25) is 0 Å². The summed E-state index contributed by atoms with van der Waals surface area (Å²) in [5.74, 6) is 3.10. The van der Waals surface area contributed by atoms with E-state index in [-0.39, 0.29) is 0 Å². The number of aryl methyl sites for hydroxylation is 1. The molecule has 0 amide bonds. The Labute approximate surface area is 134 Å². The van der Waals surface area contributed by atoms with Crippen LogP contribution in [-0.4, -0.2) is 10.9 Å². The maximum Gasteiger partial charge on any atom is 0.113 e. The predicted molar refractivity (Wildman–Crippen MR) is 91.3 cm³/mol. The molecule has 1 aliphatic carbocycles. The third-order valence-electron chi connectivity index (χ3n) is 4.75. The lowest BCUT2D eigenvalue weighted by atomic mass is 9.80. The van der Waals surface area contributed by atoms with E-state index < -0.39 is 6.10 Å². The Morgan fingerprint density at radius 2 is 1.95 bits per heavy atom. The highest BCUT2D eigenvalue weighted by Crippen LogP contribution is 2.38. The summed E-state index contributed by atoms with van der Waals surface area (Å²) in [5.41, 5.74) is 3.92. The van der Waals surface area contributed by atoms with Gasteiger partial charge in [-0.1, -0.05) is 30.7 Å². The molecule has 0 bridgehead atoms. The number of thioether (sulfide) groups is 1. The molecule has 2 aliphatic rings. The fourth-order valence-electron chi connectivity index (χ4n) is 3.16. The van der Waals surface area contributed by atoms with Crippen LogP contribution >= 0.6 is 23.1 Å². The van der Waals surface area contributed by atoms with Crippen molar-refractivity contribution in [3.8, 4) is 0 Å². The summed E-state index contributed by atoms with van der Waals surface area (Å²) in [4.78, 5) is 2.59. The Kier molecular flexibility index (Phi) is 3.82. The van der Waals surface area contributed by atoms with Gasteiger partial charge in [-0.25, -0.2) is 0 Å². The minimum absolute atomic E-state index is 0.457. The standard InChI is InChI=1S/C18H20OS2/c19-18(17-10-15-11-20-9-8-16(15)21-17)14-6-4-13(5-7-14)12-2-1-3-12/h4-7,10,12,18-19H,1-3,8-9,11H2. The summed E-state index contributed by atoms with van der Waals surface area (Å²) in [6.45, 7) is 0. The molecule has 0 spiro atoms. The van der Waals surface area contributed by atoms with Gasteiger partial charge in [-0.05, 0) is 53.7 Å². The maximum absolute atomic E-state index is 10.6. The van der Waals surface area contributed by atoms with Crippen molar-refractivity contribution in [1.29, 1.82) is 0 Å². The minimum Gasteiger partial charge on any atom is -0.383 e. The molecule has 1 aromatic heterocycles. The first-order valence-corrected chi connectivity index (χ1v) is 9.75. The molecule has 1 atom stereocenters. The van der Waals surface area contributed by atoms with E-state index in [9.17, 15) is 5.11 Å². The maximum atomic E-state index is 10.6. The summed E-state index contributed by atoms with van der Waals surface area (Å²) in [5, 5.41) is 10.6. The van der Waals surface area contributed by atoms with Gasteiger partial charge in [0.05, 0.1) is 0 Å². The first-order chi connectivity index (χ1) is 10.3. The van der Waals surface area contributed by atoms with Gasteiger partial charge >= 0.3 is 0 Å². The molecule has 1 nitrogen and oxygen atoms in total. The monoisotopic (exact) mass is 316 g/mol. The molecule has 2 heterocycles. The molecule has 1 saturated carbocycles. The van der Waals surface area contributed by atoms with Gasteiger partial charge in [0.2, 0.25) is 0 Å². The fourth-order valence-corrected chi connectivity index (χ4v) is 5.55. The Morgan fingerprint density at radius 1 is 1.14 bits per heavy atom. The van der Waals surface area contributed by atoms with E-state index in [2.05, 4.69) is 30.3 Å². The van der Waals surface area contributed by atoms with E-state index in [0.717, 1.165) is 28.5 Å². The highest BCUT2D eigenvalue weighted by Gasteiger charge is 2.21. The third-order valence-corrected chi connectivity index (χ3v) is 7.04. The van der Waals surface area contributed by atoms with Crippen molar-refractivity contribution in [2.24, 2.45) is 0 Å². The van der Waals surface area contributed by atoms with Crippen LogP contribution in [0.1, 0.15) is 57.7 Å². The van der Waals surface area contributed by atoms with E-state index in [1.807, 2.05) is 11.8 Å². The molecule has 1 aromatic carbocycles. The van der Waals surface area contributed by atoms with Gasteiger partial charge in [0, 0.05) is 15.5 Å². The first-order valence-electron chi connectivity index (χ1n) is 7.78. The zero-order chi connectivity index (χ0) is 14.2. The molecule has 21 heavy (non-hydrogen) atoms. The minimum atomic E-state index is -0.457. The van der Waals surface area contributed by atoms with Crippen molar-refractivity contribution < 1.29 is 5.11 Å². The Balaban J connectivity index is 1.55. The summed E-state index contributed by atoms with van der Waals surface area (Å²) in [7, 11) is 0. The fraction of sp³-hybridized carbons (Fsp3) is 0.444. The topological polar surface area (TPSA) is 20.2 Å². The van der Waals surface area contributed by atoms with Crippen molar-refractivity contribution in [3.05, 3.63) is 56.8 Å². The predicted octanol–water partition coefficient (Wildman–Crippen LogP) is 4.89. The van der Waals surface area contributed by atoms with Crippen LogP contribution < -0.4 is 0 Å². The van der Waals surface area contributed by atoms with Crippen molar-refractivity contribution in [1.82, 2.24) is 0 Å². The second-order valence-electron chi connectivity index (χ2n) is 6.10. The number of hydrogen-bond acceptors (Lipinski definition) is 3. The quantitative estimate of drug-likeness (QED) is 0.870. The summed E-state index contributed by atoms with van der Waals surface area (Å²) < 4.78 is 0. The van der Waals surface area contributed by atoms with Gasteiger partial charge in [0.15, 0.2) is 0 Å². The Bertz CT molecular complexity index is 602. The second kappa shape index (κ2) is 5.79. The van der Waals surface area contributed by atoms with Crippen LogP contribution in [0.25, 0.3) is 0 Å². The Morgan fingerprint density at radius 3 is 2.62 bits per heavy atom. The van der Waals surface area contributed by atoms with E-state index in [1.165, 1.54) is 41.0 Å². The van der Waals surface area contributed by atoms with Crippen LogP contribution in [0.3, 0.4) is 0 Å². The van der Waals surface area contributed by atoms with Gasteiger partial charge in [-0.15, -0.1) is 11.3 Å². The van der Waals surface area contributed by atoms with Gasteiger partial charge < -0.3 is 5.11 Å². The first kappa shape index (κ1) is 13.9. The van der Waals surface area contributed by atoms with Crippen LogP contribution in [0.2, 0.25) is 0 Å². The lowest BCUT2D eigenvalue weighted by Gasteiger charge is -2.26. The van der Waals surface area contributed by atoms with Gasteiger partial charge in [-0.2, -0.15) is 11.8 Å². The second-order valence-corrected chi connectivity index (χ2v) is 8.37. The van der Waals surface area contributed by atoms with Crippen molar-refractivity contribution in [2.75, 3.05) is 5.75 Å². The van der Waals surface area contributed by atoms with Gasteiger partial charge in [0.1, 0.15) is 6.10 Å². The molecule has 0 radical (unpaired) electrons. The average molecular weight is 316 g/mol. The molecule has 1 fully saturated rings. The van der Waals surface area contributed by atoms with Crippen molar-refractivity contribution in [2.45, 2.75) is 43.5 Å². The van der Waals surface area contributed by atoms with E-state index in [0.29, 0.717) is 0 Å². The summed E-state index contributed by atoms with van der Waals surface area (Å²) in [6.07, 6.45) is 4.74. The smallest absolute Gasteiger partial charge is 0.113 e. The van der Waals surface area contributed by atoms with Crippen molar-refractivity contribution >= 4 is 23.1 Å². The van der Waals surface area contributed by atoms with Crippen LogP contribution in [-0.2, 0) is 12.2 Å². The number of aliphatic hydroxyl groups excluding tert-OH is 1. The molecule has 110 valence electrons. The van der Waals surface area contributed by atoms with Crippen molar-refractivity contribution in [3.63, 3.8) is 0 Å². The van der Waals surface area contributed by atoms with Crippen LogP contribution in [0, 0.1) is 0 Å². The molecular formula is C18H20OS2. The number of rotatable bonds is 3. The molecule has 3 heteroatoms. The molecule has 1 aliphatic heterocycles. The summed E-state index contributed by atoms with van der Waals surface area (Å²) >= 11 is 3.80. The number of thiophene rings is 1. The number of fused-ring (bicyclic) bond motifs is 1.